The van der Waals surface area contributed by atoms with Crippen molar-refractivity contribution in [2.24, 2.45) is 0 Å². The van der Waals surface area contributed by atoms with Gasteiger partial charge in [0, 0.05) is 12.8 Å². The Morgan fingerprint density at radius 1 is 1.05 bits per heavy atom. The van der Waals surface area contributed by atoms with Crippen LogP contribution in [0.2, 0.25) is 0 Å². The van der Waals surface area contributed by atoms with Gasteiger partial charge in [-0.05, 0) is 35.7 Å². The first-order valence-corrected chi connectivity index (χ1v) is 8.60. The third-order valence-corrected chi connectivity index (χ3v) is 4.39. The van der Waals surface area contributed by atoms with Crippen LogP contribution in [-0.4, -0.2) is 14.7 Å². The molecule has 2 rings (SSSR count). The molecule has 0 heterocycles. The third-order valence-electron chi connectivity index (χ3n) is 3.28. The van der Waals surface area contributed by atoms with Crippen LogP contribution in [0.25, 0.3) is 0 Å². The van der Waals surface area contributed by atoms with E-state index in [-0.39, 0.29) is 10.6 Å². The number of rotatable bonds is 5. The van der Waals surface area contributed by atoms with Crippen LogP contribution in [0, 0.1) is 5.82 Å². The maximum absolute atomic E-state index is 13.7. The first kappa shape index (κ1) is 15.5. The topological polar surface area (TPSA) is 46.2 Å². The van der Waals surface area contributed by atoms with E-state index in [2.05, 4.69) is 12.2 Å². The fourth-order valence-corrected chi connectivity index (χ4v) is 2.61. The average Bonchev–Trinajstić information content (AvgIpc) is 2.45. The Bertz CT molecular complexity index is 724. The maximum Gasteiger partial charge on any atom is 0.175 e. The normalized spacial score (nSPS) is 11.4. The molecule has 0 fully saturated rings. The molecule has 3 nitrogen and oxygen atoms in total. The summed E-state index contributed by atoms with van der Waals surface area (Å²) in [4.78, 5) is 0.104. The summed E-state index contributed by atoms with van der Waals surface area (Å²) in [5.74, 6) is -0.465. The molecule has 2 aromatic carbocycles. The Kier molecular flexibility index (Phi) is 4.63. The summed E-state index contributed by atoms with van der Waals surface area (Å²) in [6, 6.07) is 11.8. The van der Waals surface area contributed by atoms with Crippen molar-refractivity contribution in [1.82, 2.24) is 0 Å². The summed E-state index contributed by atoms with van der Waals surface area (Å²) in [7, 11) is -3.34. The maximum atomic E-state index is 13.7. The van der Waals surface area contributed by atoms with Gasteiger partial charge in [-0.3, -0.25) is 0 Å². The second-order valence-corrected chi connectivity index (χ2v) is 6.95. The summed E-state index contributed by atoms with van der Waals surface area (Å²) >= 11 is 0. The number of hydrogen-bond acceptors (Lipinski definition) is 3. The van der Waals surface area contributed by atoms with E-state index in [4.69, 9.17) is 0 Å². The molecule has 0 bridgehead atoms. The number of hydrogen-bond donors (Lipinski definition) is 1. The van der Waals surface area contributed by atoms with Gasteiger partial charge in [-0.1, -0.05) is 31.2 Å². The van der Waals surface area contributed by atoms with Crippen molar-refractivity contribution in [3.8, 4) is 0 Å². The van der Waals surface area contributed by atoms with E-state index >= 15 is 0 Å². The zero-order valence-corrected chi connectivity index (χ0v) is 12.9. The van der Waals surface area contributed by atoms with Crippen LogP contribution in [0.3, 0.4) is 0 Å². The van der Waals surface area contributed by atoms with Crippen molar-refractivity contribution in [2.45, 2.75) is 24.8 Å². The highest BCUT2D eigenvalue weighted by Gasteiger charge is 2.10. The minimum atomic E-state index is -3.34. The molecule has 0 aliphatic rings. The lowest BCUT2D eigenvalue weighted by Gasteiger charge is -2.09. The fourth-order valence-electron chi connectivity index (χ4n) is 1.96. The SMILES string of the molecule is CCc1ccc(CNc2cc(S(C)(=O)=O)ccc2F)cc1. The van der Waals surface area contributed by atoms with Gasteiger partial charge >= 0.3 is 0 Å². The van der Waals surface area contributed by atoms with Gasteiger partial charge in [0.2, 0.25) is 0 Å². The van der Waals surface area contributed by atoms with Gasteiger partial charge in [-0.2, -0.15) is 0 Å². The van der Waals surface area contributed by atoms with Gasteiger partial charge in [0.25, 0.3) is 0 Å². The predicted molar refractivity (Wildman–Crippen MR) is 82.7 cm³/mol. The minimum Gasteiger partial charge on any atom is -0.379 e. The molecule has 0 atom stereocenters. The molecule has 112 valence electrons. The van der Waals surface area contributed by atoms with Crippen LogP contribution in [-0.2, 0) is 22.8 Å². The number of nitrogens with one attached hydrogen (secondary N) is 1. The van der Waals surface area contributed by atoms with Crippen LogP contribution in [0.1, 0.15) is 18.1 Å². The lowest BCUT2D eigenvalue weighted by Crippen LogP contribution is -2.04. The van der Waals surface area contributed by atoms with E-state index in [1.165, 1.54) is 23.8 Å². The minimum absolute atomic E-state index is 0.104. The zero-order valence-electron chi connectivity index (χ0n) is 12.1. The molecule has 0 amide bonds. The average molecular weight is 307 g/mol. The van der Waals surface area contributed by atoms with E-state index in [1.807, 2.05) is 24.3 Å². The summed E-state index contributed by atoms with van der Waals surface area (Å²) < 4.78 is 36.7. The molecular weight excluding hydrogens is 289 g/mol. The van der Waals surface area contributed by atoms with Crippen LogP contribution in [0.15, 0.2) is 47.4 Å². The van der Waals surface area contributed by atoms with Crippen molar-refractivity contribution in [2.75, 3.05) is 11.6 Å². The predicted octanol–water partition coefficient (Wildman–Crippen LogP) is 3.40. The highest BCUT2D eigenvalue weighted by Crippen LogP contribution is 2.20. The number of anilines is 1. The molecule has 5 heteroatoms. The van der Waals surface area contributed by atoms with E-state index in [9.17, 15) is 12.8 Å². The molecule has 0 aromatic heterocycles. The first-order chi connectivity index (χ1) is 9.90. The second kappa shape index (κ2) is 6.26. The second-order valence-electron chi connectivity index (χ2n) is 4.94. The molecule has 1 N–H and O–H groups in total. The van der Waals surface area contributed by atoms with Crippen molar-refractivity contribution in [3.05, 3.63) is 59.4 Å². The van der Waals surface area contributed by atoms with Crippen LogP contribution in [0.4, 0.5) is 10.1 Å². The molecule has 0 spiro atoms. The van der Waals surface area contributed by atoms with Gasteiger partial charge in [0.15, 0.2) is 9.84 Å². The number of halogens is 1. The highest BCUT2D eigenvalue weighted by molar-refractivity contribution is 7.90. The van der Waals surface area contributed by atoms with Crippen molar-refractivity contribution in [3.63, 3.8) is 0 Å². The van der Waals surface area contributed by atoms with Crippen molar-refractivity contribution in [1.29, 1.82) is 0 Å². The van der Waals surface area contributed by atoms with Gasteiger partial charge in [-0.15, -0.1) is 0 Å². The highest BCUT2D eigenvalue weighted by atomic mass is 32.2. The van der Waals surface area contributed by atoms with E-state index in [0.29, 0.717) is 6.54 Å². The molecule has 0 aliphatic carbocycles. The summed E-state index contributed by atoms with van der Waals surface area (Å²) in [6.45, 7) is 2.52. The Labute approximate surface area is 124 Å². The Morgan fingerprint density at radius 3 is 2.24 bits per heavy atom. The summed E-state index contributed by atoms with van der Waals surface area (Å²) in [6.07, 6.45) is 2.08. The Hall–Kier alpha value is -1.88. The number of sulfone groups is 1. The van der Waals surface area contributed by atoms with E-state index < -0.39 is 15.7 Å². The van der Waals surface area contributed by atoms with Crippen molar-refractivity contribution >= 4 is 15.5 Å². The third kappa shape index (κ3) is 4.04. The molecular formula is C16H18FNO2S. The molecule has 0 aliphatic heterocycles. The molecule has 0 saturated carbocycles. The molecule has 0 unspecified atom stereocenters. The fraction of sp³-hybridized carbons (Fsp3) is 0.250. The van der Waals surface area contributed by atoms with Gasteiger partial charge in [0.1, 0.15) is 5.82 Å². The molecule has 0 radical (unpaired) electrons. The Balaban J connectivity index is 2.15. The quantitative estimate of drug-likeness (QED) is 0.861. The smallest absolute Gasteiger partial charge is 0.175 e. The van der Waals surface area contributed by atoms with Crippen LogP contribution < -0.4 is 5.32 Å². The number of benzene rings is 2. The van der Waals surface area contributed by atoms with Crippen LogP contribution in [0.5, 0.6) is 0 Å². The lowest BCUT2D eigenvalue weighted by atomic mass is 10.1. The lowest BCUT2D eigenvalue weighted by molar-refractivity contribution is 0.600. The molecule has 2 aromatic rings. The first-order valence-electron chi connectivity index (χ1n) is 6.71. The largest absolute Gasteiger partial charge is 0.379 e. The summed E-state index contributed by atoms with van der Waals surface area (Å²) in [5, 5.41) is 2.94. The van der Waals surface area contributed by atoms with Gasteiger partial charge in [0.05, 0.1) is 10.6 Å². The van der Waals surface area contributed by atoms with Crippen LogP contribution >= 0.6 is 0 Å². The summed E-state index contributed by atoms with van der Waals surface area (Å²) in [5.41, 5.74) is 2.44. The zero-order chi connectivity index (χ0) is 15.5. The number of aryl methyl sites for hydroxylation is 1. The Morgan fingerprint density at radius 2 is 1.67 bits per heavy atom. The van der Waals surface area contributed by atoms with Gasteiger partial charge < -0.3 is 5.32 Å². The van der Waals surface area contributed by atoms with E-state index in [0.717, 1.165) is 18.2 Å². The molecule has 0 saturated heterocycles. The van der Waals surface area contributed by atoms with Crippen molar-refractivity contribution < 1.29 is 12.8 Å². The van der Waals surface area contributed by atoms with E-state index in [1.54, 1.807) is 0 Å². The van der Waals surface area contributed by atoms with Gasteiger partial charge in [-0.25, -0.2) is 12.8 Å². The standard InChI is InChI=1S/C16H18FNO2S/c1-3-12-4-6-13(7-5-12)11-18-16-10-14(21(2,19)20)8-9-15(16)17/h4-10,18H,3,11H2,1-2H3. The molecule has 21 heavy (non-hydrogen) atoms. The monoisotopic (exact) mass is 307 g/mol.